The summed E-state index contributed by atoms with van der Waals surface area (Å²) in [5.74, 6) is 5.28. The van der Waals surface area contributed by atoms with Gasteiger partial charge < -0.3 is 5.11 Å². The van der Waals surface area contributed by atoms with Gasteiger partial charge in [0.2, 0.25) is 0 Å². The molecule has 0 heterocycles. The van der Waals surface area contributed by atoms with E-state index in [0.717, 1.165) is 36.0 Å². The van der Waals surface area contributed by atoms with Gasteiger partial charge >= 0.3 is 0 Å². The predicted octanol–water partition coefficient (Wildman–Crippen LogP) is 6.44. The van der Waals surface area contributed by atoms with Crippen LogP contribution in [0, 0.1) is 35.5 Å². The van der Waals surface area contributed by atoms with Crippen molar-refractivity contribution in [3.8, 4) is 0 Å². The summed E-state index contributed by atoms with van der Waals surface area (Å²) in [6.07, 6.45) is 16.9. The molecule has 2 rings (SSSR count). The lowest BCUT2D eigenvalue weighted by atomic mass is 9.71. The second-order valence-electron chi connectivity index (χ2n) is 8.70. The smallest absolute Gasteiger partial charge is 0.0461 e. The fourth-order valence-electron chi connectivity index (χ4n) is 5.92. The van der Waals surface area contributed by atoms with Gasteiger partial charge in [0, 0.05) is 6.61 Å². The van der Waals surface area contributed by atoms with Gasteiger partial charge in [0.25, 0.3) is 0 Å². The fourth-order valence-corrected chi connectivity index (χ4v) is 5.92. The minimum absolute atomic E-state index is 0.412. The third kappa shape index (κ3) is 5.21. The number of aliphatic hydroxyl groups excluding tert-OH is 1. The first-order chi connectivity index (χ1) is 11.2. The van der Waals surface area contributed by atoms with E-state index in [2.05, 4.69) is 20.8 Å². The minimum atomic E-state index is 0.412. The number of unbranched alkanes of at least 4 members (excludes halogenated alkanes) is 1. The van der Waals surface area contributed by atoms with Gasteiger partial charge in [0.15, 0.2) is 0 Å². The molecule has 6 unspecified atom stereocenters. The van der Waals surface area contributed by atoms with E-state index in [9.17, 15) is 5.11 Å². The van der Waals surface area contributed by atoms with Crippen LogP contribution in [0.25, 0.3) is 0 Å². The second kappa shape index (κ2) is 10.1. The van der Waals surface area contributed by atoms with Crippen LogP contribution in [0.3, 0.4) is 0 Å². The van der Waals surface area contributed by atoms with Gasteiger partial charge in [-0.05, 0) is 61.2 Å². The summed E-state index contributed by atoms with van der Waals surface area (Å²) in [6, 6.07) is 0. The van der Waals surface area contributed by atoms with Crippen LogP contribution in [-0.2, 0) is 0 Å². The maximum atomic E-state index is 9.89. The molecule has 0 aromatic carbocycles. The third-order valence-electron chi connectivity index (χ3n) is 7.39. The molecular formula is C22H42O. The summed E-state index contributed by atoms with van der Waals surface area (Å²) in [5.41, 5.74) is 0. The van der Waals surface area contributed by atoms with Gasteiger partial charge in [-0.3, -0.25) is 0 Å². The van der Waals surface area contributed by atoms with Crippen molar-refractivity contribution in [2.45, 2.75) is 97.8 Å². The fraction of sp³-hybridized carbons (Fsp3) is 1.00. The second-order valence-corrected chi connectivity index (χ2v) is 8.70. The summed E-state index contributed by atoms with van der Waals surface area (Å²) in [5, 5.41) is 9.89. The van der Waals surface area contributed by atoms with Crippen LogP contribution >= 0.6 is 0 Å². The van der Waals surface area contributed by atoms with Crippen molar-refractivity contribution in [2.24, 2.45) is 35.5 Å². The molecule has 0 aliphatic heterocycles. The van der Waals surface area contributed by atoms with Crippen LogP contribution in [0.1, 0.15) is 97.8 Å². The zero-order chi connectivity index (χ0) is 16.7. The molecule has 0 spiro atoms. The Kier molecular flexibility index (Phi) is 8.44. The Morgan fingerprint density at radius 3 is 2.39 bits per heavy atom. The molecule has 1 heteroatoms. The van der Waals surface area contributed by atoms with Crippen LogP contribution < -0.4 is 0 Å². The van der Waals surface area contributed by atoms with E-state index in [0.29, 0.717) is 12.5 Å². The van der Waals surface area contributed by atoms with Crippen molar-refractivity contribution in [1.29, 1.82) is 0 Å². The lowest BCUT2D eigenvalue weighted by Gasteiger charge is -2.35. The van der Waals surface area contributed by atoms with Gasteiger partial charge in [-0.2, -0.15) is 0 Å². The van der Waals surface area contributed by atoms with Crippen LogP contribution in [-0.4, -0.2) is 11.7 Å². The first-order valence-electron chi connectivity index (χ1n) is 10.8. The van der Waals surface area contributed by atoms with Crippen molar-refractivity contribution in [3.63, 3.8) is 0 Å². The highest BCUT2D eigenvalue weighted by Gasteiger charge is 2.38. The zero-order valence-corrected chi connectivity index (χ0v) is 16.1. The van der Waals surface area contributed by atoms with E-state index >= 15 is 0 Å². The Morgan fingerprint density at radius 2 is 1.78 bits per heavy atom. The first kappa shape index (κ1) is 19.3. The number of rotatable bonds is 10. The van der Waals surface area contributed by atoms with Gasteiger partial charge in [0.1, 0.15) is 0 Å². The van der Waals surface area contributed by atoms with Crippen molar-refractivity contribution in [3.05, 3.63) is 0 Å². The Labute approximate surface area is 145 Å². The summed E-state index contributed by atoms with van der Waals surface area (Å²) in [7, 11) is 0. The normalized spacial score (nSPS) is 33.9. The van der Waals surface area contributed by atoms with Gasteiger partial charge in [-0.1, -0.05) is 72.1 Å². The molecule has 0 bridgehead atoms. The van der Waals surface area contributed by atoms with E-state index in [-0.39, 0.29) is 0 Å². The highest BCUT2D eigenvalue weighted by atomic mass is 16.3. The lowest BCUT2D eigenvalue weighted by molar-refractivity contribution is 0.0965. The molecule has 6 atom stereocenters. The van der Waals surface area contributed by atoms with E-state index < -0.39 is 0 Å². The van der Waals surface area contributed by atoms with E-state index in [1.54, 1.807) is 0 Å². The van der Waals surface area contributed by atoms with E-state index in [4.69, 9.17) is 0 Å². The average Bonchev–Trinajstić information content (AvgIpc) is 3.21. The molecule has 0 amide bonds. The Morgan fingerprint density at radius 1 is 1.00 bits per heavy atom. The molecule has 2 saturated carbocycles. The summed E-state index contributed by atoms with van der Waals surface area (Å²) >= 11 is 0. The third-order valence-corrected chi connectivity index (χ3v) is 7.39. The van der Waals surface area contributed by atoms with Gasteiger partial charge in [-0.15, -0.1) is 0 Å². The summed E-state index contributed by atoms with van der Waals surface area (Å²) < 4.78 is 0. The molecule has 1 N–H and O–H groups in total. The molecule has 2 aliphatic carbocycles. The zero-order valence-electron chi connectivity index (χ0n) is 16.1. The quantitative estimate of drug-likeness (QED) is 0.490. The van der Waals surface area contributed by atoms with Gasteiger partial charge in [-0.25, -0.2) is 0 Å². The van der Waals surface area contributed by atoms with Gasteiger partial charge in [0.05, 0.1) is 0 Å². The molecule has 0 radical (unpaired) electrons. The molecule has 2 fully saturated rings. The van der Waals surface area contributed by atoms with Crippen LogP contribution in [0.15, 0.2) is 0 Å². The molecule has 0 saturated heterocycles. The van der Waals surface area contributed by atoms with E-state index in [1.807, 2.05) is 0 Å². The number of aliphatic hydroxyl groups is 1. The van der Waals surface area contributed by atoms with Crippen LogP contribution in [0.5, 0.6) is 0 Å². The summed E-state index contributed by atoms with van der Waals surface area (Å²) in [6.45, 7) is 7.38. The molecule has 0 aromatic rings. The molecule has 23 heavy (non-hydrogen) atoms. The molecular weight excluding hydrogens is 280 g/mol. The molecule has 1 nitrogen and oxygen atoms in total. The predicted molar refractivity (Wildman–Crippen MR) is 100 cm³/mol. The Bertz CT molecular complexity index is 309. The number of hydrogen-bond acceptors (Lipinski definition) is 1. The maximum absolute atomic E-state index is 9.89. The maximum Gasteiger partial charge on any atom is 0.0461 e. The monoisotopic (exact) mass is 322 g/mol. The highest BCUT2D eigenvalue weighted by Crippen LogP contribution is 2.48. The SMILES string of the molecule is CCCCC(C(CC)CO)C1CCCC1CC1CCC(CC)C1. The van der Waals surface area contributed by atoms with Crippen LogP contribution in [0.4, 0.5) is 0 Å². The van der Waals surface area contributed by atoms with Crippen molar-refractivity contribution >= 4 is 0 Å². The van der Waals surface area contributed by atoms with Crippen molar-refractivity contribution in [1.82, 2.24) is 0 Å². The van der Waals surface area contributed by atoms with Crippen molar-refractivity contribution in [2.75, 3.05) is 6.61 Å². The topological polar surface area (TPSA) is 20.2 Å². The number of hydrogen-bond donors (Lipinski definition) is 1. The minimum Gasteiger partial charge on any atom is -0.396 e. The molecule has 136 valence electrons. The standard InChI is InChI=1S/C22H42O/c1-4-7-10-21(19(6-3)16-23)22-11-8-9-20(22)15-18-13-12-17(5-2)14-18/h17-23H,4-16H2,1-3H3. The summed E-state index contributed by atoms with van der Waals surface area (Å²) in [4.78, 5) is 0. The Balaban J connectivity index is 1.96. The lowest BCUT2D eigenvalue weighted by Crippen LogP contribution is -2.29. The molecule has 2 aliphatic rings. The highest BCUT2D eigenvalue weighted by molar-refractivity contribution is 4.88. The largest absolute Gasteiger partial charge is 0.396 e. The van der Waals surface area contributed by atoms with E-state index in [1.165, 1.54) is 70.6 Å². The Hall–Kier alpha value is -0.0400. The molecule has 0 aromatic heterocycles. The van der Waals surface area contributed by atoms with Crippen LogP contribution in [0.2, 0.25) is 0 Å². The van der Waals surface area contributed by atoms with Crippen molar-refractivity contribution < 1.29 is 5.11 Å². The average molecular weight is 323 g/mol. The first-order valence-corrected chi connectivity index (χ1v) is 10.8.